The number of nitrogens with zero attached hydrogens (tertiary/aromatic N) is 1. The van der Waals surface area contributed by atoms with E-state index in [4.69, 9.17) is 16.3 Å². The van der Waals surface area contributed by atoms with Crippen molar-refractivity contribution in [2.45, 2.75) is 13.3 Å². The number of methoxy groups -OCH3 is 1. The van der Waals surface area contributed by atoms with Gasteiger partial charge in [0.25, 0.3) is 0 Å². The highest BCUT2D eigenvalue weighted by atomic mass is 35.5. The van der Waals surface area contributed by atoms with E-state index in [1.165, 1.54) is 0 Å². The average molecular weight is 359 g/mol. The first-order chi connectivity index (χ1) is 12.0. The molecule has 5 nitrogen and oxygen atoms in total. The fraction of sp³-hybridized carbons (Fsp3) is 0.263. The van der Waals surface area contributed by atoms with Crippen LogP contribution in [0, 0.1) is 12.8 Å². The van der Waals surface area contributed by atoms with Crippen LogP contribution < -0.4 is 15.0 Å². The van der Waals surface area contributed by atoms with Gasteiger partial charge in [-0.2, -0.15) is 0 Å². The molecule has 0 saturated carbocycles. The number of halogens is 1. The van der Waals surface area contributed by atoms with E-state index in [1.54, 1.807) is 42.3 Å². The van der Waals surface area contributed by atoms with Gasteiger partial charge in [-0.05, 0) is 55.0 Å². The molecule has 130 valence electrons. The minimum absolute atomic E-state index is 0.0573. The number of carbonyl (C=O) groups excluding carboxylic acids is 2. The summed E-state index contributed by atoms with van der Waals surface area (Å²) < 4.78 is 5.13. The molecule has 0 spiro atoms. The normalized spacial score (nSPS) is 16.8. The second-order valence-electron chi connectivity index (χ2n) is 6.05. The first-order valence-corrected chi connectivity index (χ1v) is 8.37. The van der Waals surface area contributed by atoms with Crippen LogP contribution in [0.25, 0.3) is 0 Å². The number of rotatable bonds is 4. The number of hydrogen-bond acceptors (Lipinski definition) is 3. The van der Waals surface area contributed by atoms with Crippen LogP contribution in [0.5, 0.6) is 5.75 Å². The maximum absolute atomic E-state index is 12.5. The topological polar surface area (TPSA) is 58.6 Å². The summed E-state index contributed by atoms with van der Waals surface area (Å²) in [7, 11) is 1.59. The largest absolute Gasteiger partial charge is 0.497 e. The Bertz CT molecular complexity index is 805. The summed E-state index contributed by atoms with van der Waals surface area (Å²) in [5, 5.41) is 3.52. The highest BCUT2D eigenvalue weighted by Gasteiger charge is 2.35. The van der Waals surface area contributed by atoms with E-state index >= 15 is 0 Å². The van der Waals surface area contributed by atoms with E-state index in [2.05, 4.69) is 5.32 Å². The van der Waals surface area contributed by atoms with E-state index in [1.807, 2.05) is 19.1 Å². The Morgan fingerprint density at radius 3 is 2.60 bits per heavy atom. The summed E-state index contributed by atoms with van der Waals surface area (Å²) in [6, 6.07) is 12.5. The van der Waals surface area contributed by atoms with Gasteiger partial charge in [0.15, 0.2) is 0 Å². The molecule has 1 heterocycles. The first-order valence-electron chi connectivity index (χ1n) is 7.99. The van der Waals surface area contributed by atoms with Crippen molar-refractivity contribution in [1.82, 2.24) is 0 Å². The van der Waals surface area contributed by atoms with Gasteiger partial charge in [0, 0.05) is 29.4 Å². The van der Waals surface area contributed by atoms with E-state index in [-0.39, 0.29) is 24.2 Å². The molecule has 2 aromatic rings. The number of nitrogens with one attached hydrogen (secondary N) is 1. The van der Waals surface area contributed by atoms with E-state index < -0.39 is 0 Å². The first kappa shape index (κ1) is 17.3. The minimum Gasteiger partial charge on any atom is -0.497 e. The molecule has 25 heavy (non-hydrogen) atoms. The Hall–Kier alpha value is -2.53. The molecule has 3 rings (SSSR count). The second kappa shape index (κ2) is 7.15. The van der Waals surface area contributed by atoms with Crippen molar-refractivity contribution in [3.63, 3.8) is 0 Å². The maximum Gasteiger partial charge on any atom is 0.229 e. The van der Waals surface area contributed by atoms with Gasteiger partial charge >= 0.3 is 0 Å². The lowest BCUT2D eigenvalue weighted by Gasteiger charge is -2.17. The molecule has 1 atom stereocenters. The third-order valence-electron chi connectivity index (χ3n) is 4.33. The van der Waals surface area contributed by atoms with Crippen molar-refractivity contribution in [1.29, 1.82) is 0 Å². The van der Waals surface area contributed by atoms with Crippen molar-refractivity contribution in [2.24, 2.45) is 5.92 Å². The van der Waals surface area contributed by atoms with Crippen molar-refractivity contribution in [2.75, 3.05) is 23.9 Å². The van der Waals surface area contributed by atoms with Gasteiger partial charge in [-0.1, -0.05) is 11.6 Å². The van der Waals surface area contributed by atoms with Gasteiger partial charge in [0.05, 0.1) is 13.0 Å². The molecular formula is C19H19ClN2O3. The molecule has 1 fully saturated rings. The van der Waals surface area contributed by atoms with E-state index in [0.29, 0.717) is 17.3 Å². The molecule has 1 N–H and O–H groups in total. The molecule has 0 radical (unpaired) electrons. The van der Waals surface area contributed by atoms with Crippen LogP contribution in [0.3, 0.4) is 0 Å². The smallest absolute Gasteiger partial charge is 0.229 e. The molecule has 1 saturated heterocycles. The van der Waals surface area contributed by atoms with Crippen LogP contribution in [-0.2, 0) is 9.59 Å². The van der Waals surface area contributed by atoms with E-state index in [0.717, 1.165) is 17.0 Å². The van der Waals surface area contributed by atoms with Crippen LogP contribution in [0.4, 0.5) is 11.4 Å². The zero-order valence-corrected chi connectivity index (χ0v) is 14.8. The highest BCUT2D eigenvalue weighted by molar-refractivity contribution is 6.30. The molecule has 1 aliphatic heterocycles. The number of hydrogen-bond donors (Lipinski definition) is 1. The van der Waals surface area contributed by atoms with Gasteiger partial charge in [0.2, 0.25) is 11.8 Å². The van der Waals surface area contributed by atoms with Crippen molar-refractivity contribution >= 4 is 34.8 Å². The number of aryl methyl sites for hydroxylation is 1. The lowest BCUT2D eigenvalue weighted by Crippen LogP contribution is -2.28. The molecule has 1 unspecified atom stereocenters. The van der Waals surface area contributed by atoms with E-state index in [9.17, 15) is 9.59 Å². The fourth-order valence-corrected chi connectivity index (χ4v) is 3.12. The zero-order chi connectivity index (χ0) is 18.0. The highest BCUT2D eigenvalue weighted by Crippen LogP contribution is 2.28. The summed E-state index contributed by atoms with van der Waals surface area (Å²) in [4.78, 5) is 26.5. The predicted molar refractivity (Wildman–Crippen MR) is 98.3 cm³/mol. The van der Waals surface area contributed by atoms with Gasteiger partial charge in [-0.3, -0.25) is 9.59 Å². The average Bonchev–Trinajstić information content (AvgIpc) is 2.99. The quantitative estimate of drug-likeness (QED) is 0.907. The Balaban J connectivity index is 1.69. The second-order valence-corrected chi connectivity index (χ2v) is 6.49. The fourth-order valence-electron chi connectivity index (χ4n) is 2.90. The minimum atomic E-state index is -0.385. The third kappa shape index (κ3) is 3.77. The van der Waals surface area contributed by atoms with Crippen molar-refractivity contribution < 1.29 is 14.3 Å². The molecule has 1 aliphatic rings. The van der Waals surface area contributed by atoms with Gasteiger partial charge < -0.3 is 15.0 Å². The van der Waals surface area contributed by atoms with Gasteiger partial charge in [-0.25, -0.2) is 0 Å². The van der Waals surface area contributed by atoms with Crippen molar-refractivity contribution in [3.05, 3.63) is 53.1 Å². The van der Waals surface area contributed by atoms with Crippen LogP contribution in [0.2, 0.25) is 5.02 Å². The molecule has 0 bridgehead atoms. The zero-order valence-electron chi connectivity index (χ0n) is 14.1. The Kier molecular flexibility index (Phi) is 4.95. The lowest BCUT2D eigenvalue weighted by atomic mass is 10.1. The lowest BCUT2D eigenvalue weighted by molar-refractivity contribution is -0.122. The summed E-state index contributed by atoms with van der Waals surface area (Å²) in [5.74, 6) is 0.125. The Morgan fingerprint density at radius 1 is 1.24 bits per heavy atom. The molecule has 0 aliphatic carbocycles. The number of ether oxygens (including phenoxy) is 1. The summed E-state index contributed by atoms with van der Waals surface area (Å²) in [6.45, 7) is 2.24. The molecule has 6 heteroatoms. The Labute approximate surface area is 151 Å². The molecule has 0 aromatic heterocycles. The number of carbonyl (C=O) groups is 2. The SMILES string of the molecule is COc1ccc(N2CC(C(=O)Nc3ccc(Cl)cc3C)CC2=O)cc1. The summed E-state index contributed by atoms with van der Waals surface area (Å²) >= 11 is 5.94. The molecule has 2 amide bonds. The third-order valence-corrected chi connectivity index (χ3v) is 4.56. The number of benzene rings is 2. The maximum atomic E-state index is 12.5. The predicted octanol–water partition coefficient (Wildman–Crippen LogP) is 3.65. The molecule has 2 aromatic carbocycles. The van der Waals surface area contributed by atoms with Crippen LogP contribution in [-0.4, -0.2) is 25.5 Å². The van der Waals surface area contributed by atoms with Crippen LogP contribution in [0.15, 0.2) is 42.5 Å². The molecular weight excluding hydrogens is 340 g/mol. The Morgan fingerprint density at radius 2 is 1.96 bits per heavy atom. The standard InChI is InChI=1S/C19H19ClN2O3/c1-12-9-14(20)3-8-17(12)21-19(24)13-10-18(23)22(11-13)15-4-6-16(25-2)7-5-15/h3-9,13H,10-11H2,1-2H3,(H,21,24). The van der Waals surface area contributed by atoms with Crippen molar-refractivity contribution in [3.8, 4) is 5.75 Å². The number of anilines is 2. The van der Waals surface area contributed by atoms with Gasteiger partial charge in [0.1, 0.15) is 5.75 Å². The van der Waals surface area contributed by atoms with Crippen LogP contribution >= 0.6 is 11.6 Å². The van der Waals surface area contributed by atoms with Gasteiger partial charge in [-0.15, -0.1) is 0 Å². The monoisotopic (exact) mass is 358 g/mol. The summed E-state index contributed by atoms with van der Waals surface area (Å²) in [5.41, 5.74) is 2.37. The number of amides is 2. The van der Waals surface area contributed by atoms with Crippen LogP contribution in [0.1, 0.15) is 12.0 Å². The summed E-state index contributed by atoms with van der Waals surface area (Å²) in [6.07, 6.45) is 0.199.